The van der Waals surface area contributed by atoms with Gasteiger partial charge in [-0.3, -0.25) is 0 Å². The van der Waals surface area contributed by atoms with Crippen molar-refractivity contribution in [2.45, 2.75) is 32.8 Å². The molecule has 1 unspecified atom stereocenters. The van der Waals surface area contributed by atoms with Gasteiger partial charge in [-0.15, -0.1) is 0 Å². The molecular formula is C14H20O4. The molecule has 4 nitrogen and oxygen atoms in total. The SMILES string of the molecule is CCCCOC(C)COC(=O)Oc1ccccc1. The van der Waals surface area contributed by atoms with Crippen LogP contribution in [-0.4, -0.2) is 25.5 Å². The molecule has 100 valence electrons. The number of carbonyl (C=O) groups excluding carboxylic acids is 1. The fourth-order valence-electron chi connectivity index (χ4n) is 1.28. The fourth-order valence-corrected chi connectivity index (χ4v) is 1.28. The summed E-state index contributed by atoms with van der Waals surface area (Å²) in [5.41, 5.74) is 0. The van der Waals surface area contributed by atoms with Crippen molar-refractivity contribution in [3.8, 4) is 5.75 Å². The van der Waals surface area contributed by atoms with E-state index in [0.717, 1.165) is 12.8 Å². The number of carbonyl (C=O) groups is 1. The van der Waals surface area contributed by atoms with Crippen molar-refractivity contribution in [3.63, 3.8) is 0 Å². The van der Waals surface area contributed by atoms with Gasteiger partial charge in [-0.2, -0.15) is 0 Å². The van der Waals surface area contributed by atoms with E-state index < -0.39 is 6.16 Å². The van der Waals surface area contributed by atoms with E-state index in [2.05, 4.69) is 6.92 Å². The number of unbranched alkanes of at least 4 members (excludes halogenated alkanes) is 1. The summed E-state index contributed by atoms with van der Waals surface area (Å²) in [6.07, 6.45) is 1.29. The van der Waals surface area contributed by atoms with E-state index in [0.29, 0.717) is 12.4 Å². The van der Waals surface area contributed by atoms with Gasteiger partial charge in [-0.1, -0.05) is 31.5 Å². The van der Waals surface area contributed by atoms with Crippen molar-refractivity contribution < 1.29 is 19.0 Å². The highest BCUT2D eigenvalue weighted by Gasteiger charge is 2.09. The van der Waals surface area contributed by atoms with Crippen molar-refractivity contribution >= 4 is 6.16 Å². The second-order valence-electron chi connectivity index (χ2n) is 4.01. The average Bonchev–Trinajstić information content (AvgIpc) is 2.38. The van der Waals surface area contributed by atoms with Gasteiger partial charge in [0.15, 0.2) is 0 Å². The minimum Gasteiger partial charge on any atom is -0.431 e. The highest BCUT2D eigenvalue weighted by atomic mass is 16.7. The quantitative estimate of drug-likeness (QED) is 0.424. The highest BCUT2D eigenvalue weighted by Crippen LogP contribution is 2.09. The van der Waals surface area contributed by atoms with Gasteiger partial charge in [0.05, 0.1) is 6.10 Å². The van der Waals surface area contributed by atoms with Crippen LogP contribution in [0.5, 0.6) is 5.75 Å². The molecule has 0 aliphatic rings. The minimum atomic E-state index is -0.702. The summed E-state index contributed by atoms with van der Waals surface area (Å²) < 4.78 is 15.4. The molecule has 0 saturated heterocycles. The molecule has 1 aromatic rings. The van der Waals surface area contributed by atoms with E-state index in [4.69, 9.17) is 14.2 Å². The Bertz CT molecular complexity index is 337. The van der Waals surface area contributed by atoms with Gasteiger partial charge in [-0.05, 0) is 25.5 Å². The third-order valence-electron chi connectivity index (χ3n) is 2.28. The van der Waals surface area contributed by atoms with E-state index in [-0.39, 0.29) is 12.7 Å². The molecule has 0 heterocycles. The second kappa shape index (κ2) is 8.53. The smallest absolute Gasteiger partial charge is 0.431 e. The molecule has 1 rings (SSSR count). The first-order valence-electron chi connectivity index (χ1n) is 6.23. The van der Waals surface area contributed by atoms with Crippen molar-refractivity contribution in [2.24, 2.45) is 0 Å². The molecule has 1 atom stereocenters. The van der Waals surface area contributed by atoms with Crippen LogP contribution < -0.4 is 4.74 Å². The van der Waals surface area contributed by atoms with E-state index in [9.17, 15) is 4.79 Å². The molecule has 0 saturated carbocycles. The van der Waals surface area contributed by atoms with Crippen LogP contribution in [0.1, 0.15) is 26.7 Å². The van der Waals surface area contributed by atoms with Gasteiger partial charge in [0.25, 0.3) is 0 Å². The number of hydrogen-bond acceptors (Lipinski definition) is 4. The number of rotatable bonds is 7. The lowest BCUT2D eigenvalue weighted by Gasteiger charge is -2.12. The molecule has 0 radical (unpaired) electrons. The molecule has 0 aliphatic carbocycles. The lowest BCUT2D eigenvalue weighted by atomic mass is 10.3. The minimum absolute atomic E-state index is 0.111. The summed E-state index contributed by atoms with van der Waals surface area (Å²) in [6.45, 7) is 4.86. The molecule has 0 aromatic heterocycles. The summed E-state index contributed by atoms with van der Waals surface area (Å²) in [4.78, 5) is 11.3. The van der Waals surface area contributed by atoms with Crippen LogP contribution in [-0.2, 0) is 9.47 Å². The number of ether oxygens (including phenoxy) is 3. The average molecular weight is 252 g/mol. The van der Waals surface area contributed by atoms with Crippen LogP contribution in [0.2, 0.25) is 0 Å². The van der Waals surface area contributed by atoms with Gasteiger partial charge in [0, 0.05) is 6.61 Å². The Morgan fingerprint density at radius 1 is 1.28 bits per heavy atom. The standard InChI is InChI=1S/C14H20O4/c1-3-4-10-16-12(2)11-17-14(15)18-13-8-6-5-7-9-13/h5-9,12H,3-4,10-11H2,1-2H3. The van der Waals surface area contributed by atoms with Gasteiger partial charge < -0.3 is 14.2 Å². The first-order chi connectivity index (χ1) is 8.72. The molecular weight excluding hydrogens is 232 g/mol. The Morgan fingerprint density at radius 3 is 2.67 bits per heavy atom. The lowest BCUT2D eigenvalue weighted by Crippen LogP contribution is -2.21. The predicted octanol–water partition coefficient (Wildman–Crippen LogP) is 3.41. The fraction of sp³-hybridized carbons (Fsp3) is 0.500. The maximum Gasteiger partial charge on any atom is 0.513 e. The largest absolute Gasteiger partial charge is 0.513 e. The van der Waals surface area contributed by atoms with Crippen LogP contribution >= 0.6 is 0 Å². The molecule has 0 fully saturated rings. The van der Waals surface area contributed by atoms with Crippen LogP contribution in [0.3, 0.4) is 0 Å². The maximum absolute atomic E-state index is 11.3. The molecule has 0 spiro atoms. The number of benzene rings is 1. The third-order valence-corrected chi connectivity index (χ3v) is 2.28. The first kappa shape index (κ1) is 14.5. The zero-order valence-corrected chi connectivity index (χ0v) is 10.9. The van der Waals surface area contributed by atoms with Crippen LogP contribution in [0.15, 0.2) is 30.3 Å². The first-order valence-corrected chi connectivity index (χ1v) is 6.23. The number of hydrogen-bond donors (Lipinski definition) is 0. The predicted molar refractivity (Wildman–Crippen MR) is 68.7 cm³/mol. The molecule has 0 bridgehead atoms. The van der Waals surface area contributed by atoms with E-state index in [1.807, 2.05) is 13.0 Å². The summed E-state index contributed by atoms with van der Waals surface area (Å²) in [6, 6.07) is 8.82. The van der Waals surface area contributed by atoms with E-state index in [1.54, 1.807) is 24.3 Å². The third kappa shape index (κ3) is 6.25. The molecule has 0 N–H and O–H groups in total. The summed E-state index contributed by atoms with van der Waals surface area (Å²) in [5.74, 6) is 0.474. The van der Waals surface area contributed by atoms with Crippen molar-refractivity contribution in [3.05, 3.63) is 30.3 Å². The van der Waals surface area contributed by atoms with Crippen LogP contribution in [0.25, 0.3) is 0 Å². The molecule has 18 heavy (non-hydrogen) atoms. The summed E-state index contributed by atoms with van der Waals surface area (Å²) in [5, 5.41) is 0. The van der Waals surface area contributed by atoms with Crippen LogP contribution in [0.4, 0.5) is 4.79 Å². The molecule has 1 aromatic carbocycles. The second-order valence-corrected chi connectivity index (χ2v) is 4.01. The maximum atomic E-state index is 11.3. The Balaban J connectivity index is 2.17. The van der Waals surface area contributed by atoms with Crippen molar-refractivity contribution in [1.82, 2.24) is 0 Å². The van der Waals surface area contributed by atoms with Crippen molar-refractivity contribution in [1.29, 1.82) is 0 Å². The Labute approximate surface area is 108 Å². The van der Waals surface area contributed by atoms with Crippen LogP contribution in [0, 0.1) is 0 Å². The van der Waals surface area contributed by atoms with Gasteiger partial charge >= 0.3 is 6.16 Å². The van der Waals surface area contributed by atoms with Gasteiger partial charge in [0.1, 0.15) is 12.4 Å². The normalized spacial score (nSPS) is 11.9. The Morgan fingerprint density at radius 2 is 2.00 bits per heavy atom. The van der Waals surface area contributed by atoms with Gasteiger partial charge in [0.2, 0.25) is 0 Å². The number of para-hydroxylation sites is 1. The topological polar surface area (TPSA) is 44.8 Å². The molecule has 4 heteroatoms. The van der Waals surface area contributed by atoms with E-state index in [1.165, 1.54) is 0 Å². The monoisotopic (exact) mass is 252 g/mol. The zero-order chi connectivity index (χ0) is 13.2. The molecule has 0 aliphatic heterocycles. The molecule has 0 amide bonds. The summed E-state index contributed by atoms with van der Waals surface area (Å²) in [7, 11) is 0. The lowest BCUT2D eigenvalue weighted by molar-refractivity contribution is 0.00363. The van der Waals surface area contributed by atoms with Crippen molar-refractivity contribution in [2.75, 3.05) is 13.2 Å². The highest BCUT2D eigenvalue weighted by molar-refractivity contribution is 5.63. The zero-order valence-electron chi connectivity index (χ0n) is 10.9. The van der Waals surface area contributed by atoms with E-state index >= 15 is 0 Å². The summed E-state index contributed by atoms with van der Waals surface area (Å²) >= 11 is 0. The Kier molecular flexibility index (Phi) is 6.87. The van der Waals surface area contributed by atoms with Gasteiger partial charge in [-0.25, -0.2) is 4.79 Å². The Hall–Kier alpha value is -1.55.